The Morgan fingerprint density at radius 1 is 1.21 bits per heavy atom. The van der Waals surface area contributed by atoms with Crippen molar-refractivity contribution in [1.82, 2.24) is 0 Å². The first kappa shape index (κ1) is 21.9. The molecule has 0 saturated heterocycles. The molecule has 0 amide bonds. The van der Waals surface area contributed by atoms with Crippen molar-refractivity contribution in [3.63, 3.8) is 0 Å². The summed E-state index contributed by atoms with van der Waals surface area (Å²) in [5.74, 6) is 0.713. The van der Waals surface area contributed by atoms with E-state index in [0.717, 1.165) is 43.9 Å². The third-order valence-corrected chi connectivity index (χ3v) is 3.70. The predicted molar refractivity (Wildman–Crippen MR) is 99.8 cm³/mol. The molecule has 0 aliphatic heterocycles. The molecule has 5 nitrogen and oxygen atoms in total. The maximum absolute atomic E-state index is 9.72. The fourth-order valence-electron chi connectivity index (χ4n) is 2.52. The molecule has 6 N–H and O–H groups in total. The molecule has 0 bridgehead atoms. The number of aromatic hydroxyl groups is 2. The first-order chi connectivity index (χ1) is 11.4. The molecular formula is C19H30N2O3. The van der Waals surface area contributed by atoms with Gasteiger partial charge in [-0.1, -0.05) is 24.3 Å². The Balaban J connectivity index is 0.000000501. The Morgan fingerprint density at radius 3 is 2.21 bits per heavy atom. The fraction of sp³-hybridized carbons (Fsp3) is 0.421. The van der Waals surface area contributed by atoms with Crippen LogP contribution in [-0.4, -0.2) is 34.7 Å². The van der Waals surface area contributed by atoms with Gasteiger partial charge in [0.15, 0.2) is 0 Å². The highest BCUT2D eigenvalue weighted by molar-refractivity contribution is 5.68. The average molecular weight is 334 g/mol. The summed E-state index contributed by atoms with van der Waals surface area (Å²) in [4.78, 5) is 0. The highest BCUT2D eigenvalue weighted by Gasteiger charge is 2.22. The van der Waals surface area contributed by atoms with Crippen molar-refractivity contribution in [2.45, 2.75) is 44.6 Å². The van der Waals surface area contributed by atoms with Crippen LogP contribution in [0.1, 0.15) is 44.1 Å². The van der Waals surface area contributed by atoms with Crippen LogP contribution < -0.4 is 5.73 Å². The maximum atomic E-state index is 9.72. The Hall–Kier alpha value is -2.11. The summed E-state index contributed by atoms with van der Waals surface area (Å²) in [6, 6.07) is 5.17. The molecule has 1 aliphatic rings. The summed E-state index contributed by atoms with van der Waals surface area (Å²) in [5, 5.41) is 32.5. The molecule has 0 atom stereocenters. The van der Waals surface area contributed by atoms with E-state index in [1.165, 1.54) is 12.3 Å². The van der Waals surface area contributed by atoms with Crippen LogP contribution in [0.4, 0.5) is 0 Å². The molecule has 1 fully saturated rings. The minimum Gasteiger partial charge on any atom is -0.508 e. The molecule has 2 rings (SSSR count). The molecule has 0 spiro atoms. The van der Waals surface area contributed by atoms with E-state index in [4.69, 9.17) is 16.2 Å². The number of nitrogens with one attached hydrogen (secondary N) is 1. The largest absolute Gasteiger partial charge is 0.508 e. The van der Waals surface area contributed by atoms with Gasteiger partial charge in [-0.3, -0.25) is 0 Å². The van der Waals surface area contributed by atoms with Crippen molar-refractivity contribution in [2.24, 2.45) is 5.73 Å². The van der Waals surface area contributed by atoms with Crippen LogP contribution in [0.15, 0.2) is 42.5 Å². The number of benzene rings is 1. The molecule has 24 heavy (non-hydrogen) atoms. The second kappa shape index (κ2) is 12.3. The van der Waals surface area contributed by atoms with Gasteiger partial charge in [-0.05, 0) is 56.2 Å². The minimum absolute atomic E-state index is 0.115. The van der Waals surface area contributed by atoms with Gasteiger partial charge in [-0.15, -0.1) is 0 Å². The third-order valence-electron chi connectivity index (χ3n) is 3.70. The molecular weight excluding hydrogens is 304 g/mol. The monoisotopic (exact) mass is 334 g/mol. The first-order valence-electron chi connectivity index (χ1n) is 7.99. The summed E-state index contributed by atoms with van der Waals surface area (Å²) < 4.78 is 0. The second-order valence-electron chi connectivity index (χ2n) is 5.73. The van der Waals surface area contributed by atoms with Crippen molar-refractivity contribution < 1.29 is 15.3 Å². The lowest BCUT2D eigenvalue weighted by Crippen LogP contribution is -2.25. The molecule has 0 radical (unpaired) electrons. The van der Waals surface area contributed by atoms with E-state index in [9.17, 15) is 10.2 Å². The van der Waals surface area contributed by atoms with Gasteiger partial charge in [0.2, 0.25) is 0 Å². The van der Waals surface area contributed by atoms with Crippen molar-refractivity contribution >= 4 is 6.21 Å². The summed E-state index contributed by atoms with van der Waals surface area (Å²) in [6.07, 6.45) is 8.75. The Labute approximate surface area is 144 Å². The van der Waals surface area contributed by atoms with Gasteiger partial charge >= 0.3 is 0 Å². The van der Waals surface area contributed by atoms with Crippen LogP contribution in [0.3, 0.4) is 0 Å². The van der Waals surface area contributed by atoms with Crippen LogP contribution in [0.25, 0.3) is 0 Å². The quantitative estimate of drug-likeness (QED) is 0.430. The minimum atomic E-state index is 0.115. The lowest BCUT2D eigenvalue weighted by atomic mass is 9.82. The number of phenolic OH excluding ortho intramolecular Hbond substituents is 2. The number of phenols is 2. The molecule has 0 aromatic heterocycles. The van der Waals surface area contributed by atoms with Crippen LogP contribution in [-0.2, 0) is 0 Å². The standard InChI is InChI=1S/C12H17NO2.C6H9N.CH4O/c13-9-3-1-8(2-4-9)11-6-5-10(14)7-12(11)15;1-6(2)4-3-5-7;1-2/h5-9,14-15H,1-4,13H2;3-5,7H,1H2,2H3;2H,1H3/b;4-3-,7-5?;. The molecule has 0 heterocycles. The number of allylic oxidation sites excluding steroid dienone is 3. The third kappa shape index (κ3) is 8.50. The van der Waals surface area contributed by atoms with Crippen molar-refractivity contribution in [3.8, 4) is 11.5 Å². The van der Waals surface area contributed by atoms with Crippen molar-refractivity contribution in [3.05, 3.63) is 48.1 Å². The zero-order chi connectivity index (χ0) is 18.5. The highest BCUT2D eigenvalue weighted by atomic mass is 16.3. The number of nitrogens with two attached hydrogens (primary N) is 1. The van der Waals surface area contributed by atoms with Crippen molar-refractivity contribution in [2.75, 3.05) is 7.11 Å². The number of hydrogen-bond donors (Lipinski definition) is 5. The van der Waals surface area contributed by atoms with E-state index in [-0.39, 0.29) is 11.5 Å². The lowest BCUT2D eigenvalue weighted by molar-refractivity contribution is 0.379. The first-order valence-corrected chi connectivity index (χ1v) is 7.99. The molecule has 1 saturated carbocycles. The Morgan fingerprint density at radius 2 is 1.79 bits per heavy atom. The van der Waals surface area contributed by atoms with Gasteiger partial charge in [0.05, 0.1) is 0 Å². The zero-order valence-electron chi connectivity index (χ0n) is 14.6. The van der Waals surface area contributed by atoms with Crippen LogP contribution in [0.2, 0.25) is 0 Å². The van der Waals surface area contributed by atoms with Gasteiger partial charge in [-0.25, -0.2) is 0 Å². The van der Waals surface area contributed by atoms with Gasteiger partial charge in [-0.2, -0.15) is 0 Å². The predicted octanol–water partition coefficient (Wildman–Crippen LogP) is 3.46. The van der Waals surface area contributed by atoms with Crippen LogP contribution in [0.5, 0.6) is 11.5 Å². The normalized spacial score (nSPS) is 19.5. The molecule has 0 unspecified atom stereocenters. The molecule has 1 aromatic carbocycles. The number of hydrogen-bond acceptors (Lipinski definition) is 5. The SMILES string of the molecule is C=C(C)/C=C\C=N.CO.NC1CCC(c2ccc(O)cc2O)CC1. The van der Waals surface area contributed by atoms with Gasteiger partial charge in [0, 0.05) is 25.4 Å². The summed E-state index contributed by atoms with van der Waals surface area (Å²) in [6.45, 7) is 5.49. The Bertz CT molecular complexity index is 533. The van der Waals surface area contributed by atoms with Crippen LogP contribution >= 0.6 is 0 Å². The van der Waals surface area contributed by atoms with E-state index in [1.807, 2.05) is 13.0 Å². The highest BCUT2D eigenvalue weighted by Crippen LogP contribution is 2.37. The Kier molecular flexibility index (Phi) is 11.2. The van der Waals surface area contributed by atoms with E-state index < -0.39 is 0 Å². The molecule has 1 aliphatic carbocycles. The van der Waals surface area contributed by atoms with Gasteiger partial charge in [0.25, 0.3) is 0 Å². The molecule has 1 aromatic rings. The molecule has 5 heteroatoms. The summed E-state index contributed by atoms with van der Waals surface area (Å²) >= 11 is 0. The van der Waals surface area contributed by atoms with E-state index in [1.54, 1.807) is 18.2 Å². The topological polar surface area (TPSA) is 111 Å². The van der Waals surface area contributed by atoms with Gasteiger partial charge in [0.1, 0.15) is 11.5 Å². The summed E-state index contributed by atoms with van der Waals surface area (Å²) in [5.41, 5.74) is 7.75. The van der Waals surface area contributed by atoms with Crippen LogP contribution in [0, 0.1) is 5.41 Å². The molecule has 134 valence electrons. The maximum Gasteiger partial charge on any atom is 0.122 e. The number of aliphatic hydroxyl groups is 1. The average Bonchev–Trinajstić information content (AvgIpc) is 2.56. The number of aliphatic hydroxyl groups excluding tert-OH is 1. The second-order valence-corrected chi connectivity index (χ2v) is 5.73. The van der Waals surface area contributed by atoms with E-state index >= 15 is 0 Å². The zero-order valence-corrected chi connectivity index (χ0v) is 14.6. The number of rotatable bonds is 3. The van der Waals surface area contributed by atoms with E-state index in [2.05, 4.69) is 6.58 Å². The smallest absolute Gasteiger partial charge is 0.122 e. The van der Waals surface area contributed by atoms with E-state index in [0.29, 0.717) is 12.0 Å². The fourth-order valence-corrected chi connectivity index (χ4v) is 2.52. The van der Waals surface area contributed by atoms with Gasteiger partial charge < -0.3 is 26.5 Å². The van der Waals surface area contributed by atoms with Crippen molar-refractivity contribution in [1.29, 1.82) is 5.41 Å². The summed E-state index contributed by atoms with van der Waals surface area (Å²) in [7, 11) is 1.00. The lowest BCUT2D eigenvalue weighted by Gasteiger charge is -2.26.